The number of nitrogens with one attached hydrogen (secondary N) is 1. The molecule has 1 N–H and O–H groups in total. The van der Waals surface area contributed by atoms with Gasteiger partial charge in [-0.1, -0.05) is 17.8 Å². The Bertz CT molecular complexity index is 1070. The molecule has 0 bridgehead atoms. The van der Waals surface area contributed by atoms with Gasteiger partial charge in [-0.3, -0.25) is 9.20 Å². The monoisotopic (exact) mass is 410 g/mol. The normalized spacial score (nSPS) is 11.4. The fourth-order valence-corrected chi connectivity index (χ4v) is 2.91. The number of aromatic nitrogens is 3. The third kappa shape index (κ3) is 5.00. The van der Waals surface area contributed by atoms with Gasteiger partial charge in [-0.15, -0.1) is 13.2 Å². The van der Waals surface area contributed by atoms with E-state index in [4.69, 9.17) is 0 Å². The molecule has 3 aromatic rings. The Balaban J connectivity index is 1.62. The van der Waals surface area contributed by atoms with Crippen molar-refractivity contribution in [3.8, 4) is 5.75 Å². The van der Waals surface area contributed by atoms with Crippen LogP contribution in [0.4, 0.5) is 18.9 Å². The fourth-order valence-electron chi connectivity index (χ4n) is 2.29. The van der Waals surface area contributed by atoms with Gasteiger partial charge in [0.15, 0.2) is 5.16 Å². The van der Waals surface area contributed by atoms with E-state index >= 15 is 0 Å². The standard InChI is InChI=1S/C17H13F3N4O3S/c1-10-3-2-8-24-14(10)22-15(23-16(24)26)28-9-13(25)21-11-4-6-12(7-5-11)27-17(18,19)20/h2-8H,9H2,1H3,(H,21,25). The lowest BCUT2D eigenvalue weighted by molar-refractivity contribution is -0.274. The van der Waals surface area contributed by atoms with Crippen LogP contribution < -0.4 is 15.7 Å². The summed E-state index contributed by atoms with van der Waals surface area (Å²) in [5.74, 6) is -0.897. The molecule has 0 fully saturated rings. The number of thioether (sulfide) groups is 1. The summed E-state index contributed by atoms with van der Waals surface area (Å²) in [7, 11) is 0. The van der Waals surface area contributed by atoms with E-state index in [1.54, 1.807) is 25.3 Å². The number of fused-ring (bicyclic) bond motifs is 1. The Labute approximate surface area is 160 Å². The van der Waals surface area contributed by atoms with Crippen LogP contribution in [0.25, 0.3) is 5.65 Å². The van der Waals surface area contributed by atoms with Crippen molar-refractivity contribution in [2.24, 2.45) is 0 Å². The molecule has 146 valence electrons. The highest BCUT2D eigenvalue weighted by Crippen LogP contribution is 2.24. The minimum atomic E-state index is -4.78. The van der Waals surface area contributed by atoms with Crippen LogP contribution in [0, 0.1) is 6.92 Å². The number of alkyl halides is 3. The van der Waals surface area contributed by atoms with Gasteiger partial charge < -0.3 is 10.1 Å². The summed E-state index contributed by atoms with van der Waals surface area (Å²) in [6.45, 7) is 1.80. The van der Waals surface area contributed by atoms with Gasteiger partial charge in [0.25, 0.3) is 0 Å². The maximum atomic E-state index is 12.1. The number of anilines is 1. The minimum Gasteiger partial charge on any atom is -0.406 e. The van der Waals surface area contributed by atoms with Crippen LogP contribution in [0.15, 0.2) is 52.5 Å². The third-order valence-electron chi connectivity index (χ3n) is 3.47. The molecule has 0 radical (unpaired) electrons. The first kappa shape index (κ1) is 19.7. The summed E-state index contributed by atoms with van der Waals surface area (Å²) < 4.78 is 41.5. The average Bonchev–Trinajstić information content (AvgIpc) is 2.61. The lowest BCUT2D eigenvalue weighted by Gasteiger charge is -2.10. The number of nitrogens with zero attached hydrogens (tertiary/aromatic N) is 3. The summed E-state index contributed by atoms with van der Waals surface area (Å²) >= 11 is 0.975. The van der Waals surface area contributed by atoms with E-state index in [1.807, 2.05) is 0 Å². The van der Waals surface area contributed by atoms with Crippen molar-refractivity contribution in [2.75, 3.05) is 11.1 Å². The van der Waals surface area contributed by atoms with E-state index in [0.717, 1.165) is 29.5 Å². The summed E-state index contributed by atoms with van der Waals surface area (Å²) in [5.41, 5.74) is 1.03. The number of carbonyl (C=O) groups excluding carboxylic acids is 1. The van der Waals surface area contributed by atoms with Crippen LogP contribution in [0.2, 0.25) is 0 Å². The Morgan fingerprint density at radius 1 is 1.21 bits per heavy atom. The number of aryl methyl sites for hydroxylation is 1. The number of benzene rings is 1. The van der Waals surface area contributed by atoms with Crippen LogP contribution in [-0.2, 0) is 4.79 Å². The Morgan fingerprint density at radius 2 is 1.93 bits per heavy atom. The van der Waals surface area contributed by atoms with Gasteiger partial charge in [0.2, 0.25) is 5.91 Å². The smallest absolute Gasteiger partial charge is 0.406 e. The van der Waals surface area contributed by atoms with E-state index in [1.165, 1.54) is 16.5 Å². The number of pyridine rings is 1. The number of carbonyl (C=O) groups is 1. The SMILES string of the molecule is Cc1cccn2c(=O)nc(SCC(=O)Nc3ccc(OC(F)(F)F)cc3)nc12. The van der Waals surface area contributed by atoms with Crippen LogP contribution in [0.1, 0.15) is 5.56 Å². The van der Waals surface area contributed by atoms with Crippen molar-refractivity contribution in [1.29, 1.82) is 0 Å². The number of hydrogen-bond donors (Lipinski definition) is 1. The van der Waals surface area contributed by atoms with Gasteiger partial charge >= 0.3 is 12.1 Å². The Kier molecular flexibility index (Phi) is 5.54. The van der Waals surface area contributed by atoms with Crippen molar-refractivity contribution in [3.05, 3.63) is 58.6 Å². The van der Waals surface area contributed by atoms with E-state index in [9.17, 15) is 22.8 Å². The zero-order valence-electron chi connectivity index (χ0n) is 14.4. The molecule has 0 saturated heterocycles. The first-order valence-electron chi connectivity index (χ1n) is 7.86. The lowest BCUT2D eigenvalue weighted by Crippen LogP contribution is -2.20. The lowest BCUT2D eigenvalue weighted by atomic mass is 10.3. The predicted molar refractivity (Wildman–Crippen MR) is 96.5 cm³/mol. The molecular weight excluding hydrogens is 397 g/mol. The molecule has 28 heavy (non-hydrogen) atoms. The molecule has 0 aliphatic carbocycles. The first-order valence-corrected chi connectivity index (χ1v) is 8.84. The first-order chi connectivity index (χ1) is 13.2. The Morgan fingerprint density at radius 3 is 2.61 bits per heavy atom. The molecule has 0 aliphatic heterocycles. The molecule has 0 saturated carbocycles. The Hall–Kier alpha value is -3.08. The molecule has 1 aromatic carbocycles. The molecule has 2 aromatic heterocycles. The topological polar surface area (TPSA) is 85.6 Å². The molecule has 0 aliphatic rings. The van der Waals surface area contributed by atoms with Crippen LogP contribution in [0.3, 0.4) is 0 Å². The molecule has 0 spiro atoms. The highest BCUT2D eigenvalue weighted by atomic mass is 32.2. The highest BCUT2D eigenvalue weighted by Gasteiger charge is 2.30. The van der Waals surface area contributed by atoms with Crippen LogP contribution in [-0.4, -0.2) is 32.4 Å². The fraction of sp³-hybridized carbons (Fsp3) is 0.176. The summed E-state index contributed by atoms with van der Waals surface area (Å²) in [4.78, 5) is 32.2. The van der Waals surface area contributed by atoms with Gasteiger partial charge in [0.1, 0.15) is 11.4 Å². The number of halogens is 3. The largest absolute Gasteiger partial charge is 0.573 e. The van der Waals surface area contributed by atoms with Crippen molar-refractivity contribution in [2.45, 2.75) is 18.4 Å². The van der Waals surface area contributed by atoms with Crippen LogP contribution >= 0.6 is 11.8 Å². The number of hydrogen-bond acceptors (Lipinski definition) is 6. The van der Waals surface area contributed by atoms with Gasteiger partial charge in [-0.2, -0.15) is 4.98 Å². The maximum absolute atomic E-state index is 12.1. The quantitative estimate of drug-likeness (QED) is 0.651. The van der Waals surface area contributed by atoms with Gasteiger partial charge in [0.05, 0.1) is 5.75 Å². The molecule has 3 rings (SSSR count). The van der Waals surface area contributed by atoms with Gasteiger partial charge in [0, 0.05) is 11.9 Å². The minimum absolute atomic E-state index is 0.0811. The summed E-state index contributed by atoms with van der Waals surface area (Å²) in [5, 5.41) is 2.69. The number of rotatable bonds is 5. The second-order valence-electron chi connectivity index (χ2n) is 5.58. The molecule has 7 nitrogen and oxygen atoms in total. The van der Waals surface area contributed by atoms with Crippen molar-refractivity contribution >= 4 is 29.0 Å². The summed E-state index contributed by atoms with van der Waals surface area (Å²) in [6, 6.07) is 8.25. The molecule has 1 amide bonds. The van der Waals surface area contributed by atoms with E-state index in [0.29, 0.717) is 11.3 Å². The molecule has 0 unspecified atom stereocenters. The zero-order chi connectivity index (χ0) is 20.3. The van der Waals surface area contributed by atoms with Crippen molar-refractivity contribution in [3.63, 3.8) is 0 Å². The second-order valence-corrected chi connectivity index (χ2v) is 6.53. The third-order valence-corrected chi connectivity index (χ3v) is 4.31. The van der Waals surface area contributed by atoms with E-state index in [-0.39, 0.29) is 16.7 Å². The average molecular weight is 410 g/mol. The predicted octanol–water partition coefficient (Wildman–Crippen LogP) is 3.03. The highest BCUT2D eigenvalue weighted by molar-refractivity contribution is 7.99. The number of amides is 1. The second kappa shape index (κ2) is 7.89. The van der Waals surface area contributed by atoms with Crippen molar-refractivity contribution in [1.82, 2.24) is 14.4 Å². The molecular formula is C17H13F3N4O3S. The maximum Gasteiger partial charge on any atom is 0.573 e. The van der Waals surface area contributed by atoms with E-state index < -0.39 is 18.0 Å². The number of ether oxygens (including phenoxy) is 1. The summed E-state index contributed by atoms with van der Waals surface area (Å²) in [6.07, 6.45) is -3.23. The van der Waals surface area contributed by atoms with Gasteiger partial charge in [-0.25, -0.2) is 9.78 Å². The zero-order valence-corrected chi connectivity index (χ0v) is 15.2. The molecule has 11 heteroatoms. The van der Waals surface area contributed by atoms with Crippen LogP contribution in [0.5, 0.6) is 5.75 Å². The molecule has 2 heterocycles. The van der Waals surface area contributed by atoms with E-state index in [2.05, 4.69) is 20.0 Å². The van der Waals surface area contributed by atoms with Crippen molar-refractivity contribution < 1.29 is 22.7 Å². The molecule has 0 atom stereocenters. The van der Waals surface area contributed by atoms with Gasteiger partial charge in [-0.05, 0) is 42.8 Å².